The van der Waals surface area contributed by atoms with E-state index < -0.39 is 0 Å². The molecule has 0 bridgehead atoms. The molecule has 1 aromatic heterocycles. The Balaban J connectivity index is 1.59. The van der Waals surface area contributed by atoms with Gasteiger partial charge in [-0.1, -0.05) is 0 Å². The number of amides is 1. The van der Waals surface area contributed by atoms with Crippen LogP contribution >= 0.6 is 0 Å². The number of carbonyl (C=O) groups excluding carboxylic acids is 1. The van der Waals surface area contributed by atoms with E-state index in [1.54, 1.807) is 24.5 Å². The lowest BCUT2D eigenvalue weighted by atomic mass is 9.79. The average Bonchev–Trinajstić information content (AvgIpc) is 2.55. The molecule has 0 radical (unpaired) electrons. The second kappa shape index (κ2) is 6.97. The van der Waals surface area contributed by atoms with Crippen LogP contribution < -0.4 is 0 Å². The van der Waals surface area contributed by atoms with Gasteiger partial charge < -0.3 is 9.64 Å². The molecular weight excluding hydrogens is 290 g/mol. The molecule has 2 aliphatic rings. The molecule has 5 nitrogen and oxygen atoms in total. The molecule has 2 saturated heterocycles. The topological polar surface area (TPSA) is 45.7 Å². The zero-order chi connectivity index (χ0) is 16.4. The van der Waals surface area contributed by atoms with Crippen LogP contribution in [0.4, 0.5) is 0 Å². The SMILES string of the molecule is CO[C@H]1CN(C(C)C)[C@H]1C1CCN(C(=O)c2ccncc2)CC1. The average molecular weight is 317 g/mol. The molecule has 0 aromatic carbocycles. The van der Waals surface area contributed by atoms with Crippen LogP contribution in [0.1, 0.15) is 37.0 Å². The van der Waals surface area contributed by atoms with E-state index in [2.05, 4.69) is 23.7 Å². The van der Waals surface area contributed by atoms with Gasteiger partial charge in [0.2, 0.25) is 0 Å². The van der Waals surface area contributed by atoms with E-state index in [-0.39, 0.29) is 5.91 Å². The fourth-order valence-electron chi connectivity index (χ4n) is 3.98. The number of aromatic nitrogens is 1. The summed E-state index contributed by atoms with van der Waals surface area (Å²) in [5, 5.41) is 0. The molecule has 0 N–H and O–H groups in total. The molecule has 0 aliphatic carbocycles. The Hall–Kier alpha value is -1.46. The number of rotatable bonds is 4. The van der Waals surface area contributed by atoms with Crippen LogP contribution in [0.2, 0.25) is 0 Å². The Bertz CT molecular complexity index is 526. The number of hydrogen-bond acceptors (Lipinski definition) is 4. The van der Waals surface area contributed by atoms with Crippen LogP contribution in [-0.4, -0.2) is 65.6 Å². The normalized spacial score (nSPS) is 26.3. The first kappa shape index (κ1) is 16.4. The van der Waals surface area contributed by atoms with Gasteiger partial charge in [0.1, 0.15) is 0 Å². The van der Waals surface area contributed by atoms with Gasteiger partial charge in [0.25, 0.3) is 5.91 Å². The van der Waals surface area contributed by atoms with E-state index in [0.717, 1.165) is 38.0 Å². The van der Waals surface area contributed by atoms with Crippen molar-refractivity contribution < 1.29 is 9.53 Å². The minimum atomic E-state index is 0.128. The predicted molar refractivity (Wildman–Crippen MR) is 89.3 cm³/mol. The molecule has 126 valence electrons. The Kier molecular flexibility index (Phi) is 4.97. The van der Waals surface area contributed by atoms with Crippen molar-refractivity contribution in [3.05, 3.63) is 30.1 Å². The van der Waals surface area contributed by atoms with E-state index in [9.17, 15) is 4.79 Å². The highest BCUT2D eigenvalue weighted by molar-refractivity contribution is 5.94. The van der Waals surface area contributed by atoms with Crippen LogP contribution in [0.25, 0.3) is 0 Å². The quantitative estimate of drug-likeness (QED) is 0.852. The number of pyridine rings is 1. The maximum Gasteiger partial charge on any atom is 0.253 e. The molecule has 3 heterocycles. The molecule has 2 atom stereocenters. The van der Waals surface area contributed by atoms with Crippen molar-refractivity contribution in [2.45, 2.75) is 44.9 Å². The highest BCUT2D eigenvalue weighted by Gasteiger charge is 2.45. The lowest BCUT2D eigenvalue weighted by Gasteiger charge is -2.54. The zero-order valence-electron chi connectivity index (χ0n) is 14.3. The summed E-state index contributed by atoms with van der Waals surface area (Å²) in [6, 6.07) is 4.66. The second-order valence-electron chi connectivity index (χ2n) is 6.92. The maximum atomic E-state index is 12.5. The van der Waals surface area contributed by atoms with Crippen LogP contribution in [0.15, 0.2) is 24.5 Å². The fraction of sp³-hybridized carbons (Fsp3) is 0.667. The van der Waals surface area contributed by atoms with Gasteiger partial charge in [-0.2, -0.15) is 0 Å². The molecule has 0 saturated carbocycles. The number of carbonyl (C=O) groups is 1. The van der Waals surface area contributed by atoms with E-state index in [1.165, 1.54) is 0 Å². The minimum Gasteiger partial charge on any atom is -0.378 e. The van der Waals surface area contributed by atoms with Gasteiger partial charge in [0, 0.05) is 56.8 Å². The minimum absolute atomic E-state index is 0.128. The van der Waals surface area contributed by atoms with Crippen LogP contribution in [0, 0.1) is 5.92 Å². The maximum absolute atomic E-state index is 12.5. The number of hydrogen-bond donors (Lipinski definition) is 0. The smallest absolute Gasteiger partial charge is 0.253 e. The third-order valence-corrected chi connectivity index (χ3v) is 5.36. The summed E-state index contributed by atoms with van der Waals surface area (Å²) >= 11 is 0. The van der Waals surface area contributed by atoms with Crippen LogP contribution in [0.5, 0.6) is 0 Å². The van der Waals surface area contributed by atoms with Crippen molar-refractivity contribution in [2.75, 3.05) is 26.7 Å². The van der Waals surface area contributed by atoms with Gasteiger partial charge in [0.05, 0.1) is 6.10 Å². The van der Waals surface area contributed by atoms with Gasteiger partial charge in [0.15, 0.2) is 0 Å². The highest BCUT2D eigenvalue weighted by atomic mass is 16.5. The molecule has 2 aliphatic heterocycles. The van der Waals surface area contributed by atoms with E-state index in [0.29, 0.717) is 24.1 Å². The van der Waals surface area contributed by atoms with Gasteiger partial charge >= 0.3 is 0 Å². The molecule has 3 rings (SSSR count). The number of likely N-dealkylation sites (tertiary alicyclic amines) is 2. The molecule has 5 heteroatoms. The largest absolute Gasteiger partial charge is 0.378 e. The fourth-order valence-corrected chi connectivity index (χ4v) is 3.98. The van der Waals surface area contributed by atoms with E-state index >= 15 is 0 Å². The lowest BCUT2D eigenvalue weighted by molar-refractivity contribution is -0.128. The number of nitrogens with zero attached hydrogens (tertiary/aromatic N) is 3. The van der Waals surface area contributed by atoms with Crippen molar-refractivity contribution in [2.24, 2.45) is 5.92 Å². The Labute approximate surface area is 138 Å². The van der Waals surface area contributed by atoms with Crippen molar-refractivity contribution in [1.29, 1.82) is 0 Å². The van der Waals surface area contributed by atoms with Gasteiger partial charge in [-0.15, -0.1) is 0 Å². The summed E-state index contributed by atoms with van der Waals surface area (Å²) in [5.41, 5.74) is 0.737. The molecule has 1 aromatic rings. The van der Waals surface area contributed by atoms with Gasteiger partial charge in [-0.3, -0.25) is 14.7 Å². The first-order chi connectivity index (χ1) is 11.1. The van der Waals surface area contributed by atoms with E-state index in [1.807, 2.05) is 12.0 Å². The molecule has 0 unspecified atom stereocenters. The Morgan fingerprint density at radius 3 is 2.48 bits per heavy atom. The highest BCUT2D eigenvalue weighted by Crippen LogP contribution is 2.35. The predicted octanol–water partition coefficient (Wildman–Crippen LogP) is 2.04. The summed E-state index contributed by atoms with van der Waals surface area (Å²) in [5.74, 6) is 0.751. The molecule has 1 amide bonds. The summed E-state index contributed by atoms with van der Waals surface area (Å²) in [6.45, 7) is 7.21. The van der Waals surface area contributed by atoms with Crippen LogP contribution in [0.3, 0.4) is 0 Å². The van der Waals surface area contributed by atoms with Crippen molar-refractivity contribution in [1.82, 2.24) is 14.8 Å². The van der Waals surface area contributed by atoms with Crippen molar-refractivity contribution in [3.8, 4) is 0 Å². The zero-order valence-corrected chi connectivity index (χ0v) is 14.3. The number of ether oxygens (including phenoxy) is 1. The molecular formula is C18H27N3O2. The Morgan fingerprint density at radius 2 is 1.91 bits per heavy atom. The Morgan fingerprint density at radius 1 is 1.26 bits per heavy atom. The second-order valence-corrected chi connectivity index (χ2v) is 6.92. The third kappa shape index (κ3) is 3.26. The van der Waals surface area contributed by atoms with E-state index in [4.69, 9.17) is 4.74 Å². The standard InChI is InChI=1S/C18H27N3O2/c1-13(2)21-12-16(23-3)17(21)14-6-10-20(11-7-14)18(22)15-4-8-19-9-5-15/h4-5,8-9,13-14,16-17H,6-7,10-12H2,1-3H3/t16-,17-/m0/s1. The molecule has 0 spiro atoms. The summed E-state index contributed by atoms with van der Waals surface area (Å²) in [7, 11) is 1.82. The monoisotopic (exact) mass is 317 g/mol. The van der Waals surface area contributed by atoms with Crippen molar-refractivity contribution in [3.63, 3.8) is 0 Å². The number of piperidine rings is 1. The third-order valence-electron chi connectivity index (χ3n) is 5.36. The first-order valence-corrected chi connectivity index (χ1v) is 8.59. The van der Waals surface area contributed by atoms with Crippen molar-refractivity contribution >= 4 is 5.91 Å². The first-order valence-electron chi connectivity index (χ1n) is 8.59. The molecule has 23 heavy (non-hydrogen) atoms. The van der Waals surface area contributed by atoms with Crippen LogP contribution in [-0.2, 0) is 4.74 Å². The lowest BCUT2D eigenvalue weighted by Crippen LogP contribution is -2.66. The van der Waals surface area contributed by atoms with Gasteiger partial charge in [-0.25, -0.2) is 0 Å². The summed E-state index contributed by atoms with van der Waals surface area (Å²) in [4.78, 5) is 21.0. The van der Waals surface area contributed by atoms with Gasteiger partial charge in [-0.05, 0) is 44.7 Å². The summed E-state index contributed by atoms with van der Waals surface area (Å²) in [6.07, 6.45) is 5.83. The summed E-state index contributed by atoms with van der Waals surface area (Å²) < 4.78 is 5.65. The number of methoxy groups -OCH3 is 1. The molecule has 2 fully saturated rings.